The van der Waals surface area contributed by atoms with E-state index in [2.05, 4.69) is 10.6 Å². The van der Waals surface area contributed by atoms with E-state index in [4.69, 9.17) is 44.9 Å². The van der Waals surface area contributed by atoms with Crippen LogP contribution in [0.1, 0.15) is 20.9 Å². The van der Waals surface area contributed by atoms with Gasteiger partial charge in [-0.15, -0.1) is 0 Å². The lowest BCUT2D eigenvalue weighted by Gasteiger charge is -2.11. The number of thiocarbonyl (C=S) groups is 1. The van der Waals surface area contributed by atoms with Gasteiger partial charge in [0.05, 0.1) is 21.3 Å². The van der Waals surface area contributed by atoms with E-state index in [-0.39, 0.29) is 32.2 Å². The zero-order chi connectivity index (χ0) is 18.8. The third-order valence-electron chi connectivity index (χ3n) is 3.41. The van der Waals surface area contributed by atoms with Gasteiger partial charge in [-0.05, 0) is 36.5 Å². The molecule has 6 nitrogen and oxygen atoms in total. The summed E-state index contributed by atoms with van der Waals surface area (Å²) >= 11 is 16.9. The second kappa shape index (κ2) is 7.33. The Morgan fingerprint density at radius 1 is 1.08 bits per heavy atom. The topological polar surface area (TPSA) is 91.6 Å². The number of carbonyl (C=O) groups excluding carboxylic acids is 1. The van der Waals surface area contributed by atoms with Crippen molar-refractivity contribution in [2.24, 2.45) is 0 Å². The fraction of sp³-hybridized carbons (Fsp3) is 0. The van der Waals surface area contributed by atoms with Gasteiger partial charge >= 0.3 is 5.97 Å². The van der Waals surface area contributed by atoms with Crippen LogP contribution in [-0.4, -0.2) is 22.1 Å². The lowest BCUT2D eigenvalue weighted by atomic mass is 10.2. The molecule has 0 saturated carbocycles. The van der Waals surface area contributed by atoms with Gasteiger partial charge in [-0.3, -0.25) is 10.1 Å². The number of nitrogens with one attached hydrogen (secondary N) is 2. The highest BCUT2D eigenvalue weighted by Gasteiger charge is 2.16. The third kappa shape index (κ3) is 3.80. The van der Waals surface area contributed by atoms with E-state index in [1.165, 1.54) is 12.1 Å². The Bertz CT molecular complexity index is 1020. The van der Waals surface area contributed by atoms with E-state index in [1.54, 1.807) is 18.2 Å². The number of furan rings is 1. The quantitative estimate of drug-likeness (QED) is 0.550. The van der Waals surface area contributed by atoms with Crippen LogP contribution in [0.3, 0.4) is 0 Å². The maximum Gasteiger partial charge on any atom is 0.337 e. The molecule has 26 heavy (non-hydrogen) atoms. The molecule has 0 aliphatic heterocycles. The molecule has 3 aromatic rings. The SMILES string of the molecule is O=C(NC(=S)Nc1cc(C(=O)O)c(Cl)cc1Cl)c1cc2ccccc2o1. The Balaban J connectivity index is 1.75. The maximum absolute atomic E-state index is 12.2. The van der Waals surface area contributed by atoms with Crippen molar-refractivity contribution in [1.82, 2.24) is 5.32 Å². The van der Waals surface area contributed by atoms with Crippen molar-refractivity contribution in [3.05, 3.63) is 63.8 Å². The zero-order valence-corrected chi connectivity index (χ0v) is 15.2. The van der Waals surface area contributed by atoms with E-state index in [0.29, 0.717) is 5.58 Å². The molecule has 0 atom stereocenters. The monoisotopic (exact) mass is 408 g/mol. The van der Waals surface area contributed by atoms with Crippen LogP contribution < -0.4 is 10.6 Å². The molecule has 0 spiro atoms. The van der Waals surface area contributed by atoms with Gasteiger partial charge in [0.25, 0.3) is 5.91 Å². The van der Waals surface area contributed by atoms with Crippen molar-refractivity contribution < 1.29 is 19.1 Å². The number of anilines is 1. The van der Waals surface area contributed by atoms with Crippen LogP contribution in [0.2, 0.25) is 10.0 Å². The Morgan fingerprint density at radius 3 is 2.50 bits per heavy atom. The first-order valence-corrected chi connectivity index (χ1v) is 8.35. The van der Waals surface area contributed by atoms with Crippen molar-refractivity contribution in [3.8, 4) is 0 Å². The molecule has 2 aromatic carbocycles. The van der Waals surface area contributed by atoms with Crippen molar-refractivity contribution in [1.29, 1.82) is 0 Å². The molecule has 3 rings (SSSR count). The fourth-order valence-electron chi connectivity index (χ4n) is 2.22. The minimum Gasteiger partial charge on any atom is -0.478 e. The number of benzene rings is 2. The second-order valence-corrected chi connectivity index (χ2v) is 6.40. The molecule has 9 heteroatoms. The summed E-state index contributed by atoms with van der Waals surface area (Å²) in [5.41, 5.74) is 0.622. The van der Waals surface area contributed by atoms with Crippen LogP contribution in [0.15, 0.2) is 46.9 Å². The Kier molecular flexibility index (Phi) is 5.13. The third-order valence-corrected chi connectivity index (χ3v) is 4.24. The molecule has 1 heterocycles. The first-order chi connectivity index (χ1) is 12.3. The van der Waals surface area contributed by atoms with Crippen LogP contribution in [0, 0.1) is 0 Å². The number of halogens is 2. The molecule has 0 unspecified atom stereocenters. The molecule has 0 bridgehead atoms. The highest BCUT2D eigenvalue weighted by Crippen LogP contribution is 2.29. The summed E-state index contributed by atoms with van der Waals surface area (Å²) in [7, 11) is 0. The predicted molar refractivity (Wildman–Crippen MR) is 103 cm³/mol. The maximum atomic E-state index is 12.2. The molecule has 0 aliphatic carbocycles. The number of carboxylic acids is 1. The fourth-order valence-corrected chi connectivity index (χ4v) is 2.93. The number of aromatic carboxylic acids is 1. The summed E-state index contributed by atoms with van der Waals surface area (Å²) in [6.07, 6.45) is 0. The molecule has 3 N–H and O–H groups in total. The standard InChI is InChI=1S/C17H10Cl2N2O4S/c18-10-7-11(19)12(6-9(10)16(23)24)20-17(26)21-15(22)14-5-8-3-1-2-4-13(8)25-14/h1-7H,(H,23,24)(H2,20,21,22,26). The average Bonchev–Trinajstić information content (AvgIpc) is 3.01. The Hall–Kier alpha value is -2.61. The molecule has 0 fully saturated rings. The minimum atomic E-state index is -1.22. The molecular weight excluding hydrogens is 399 g/mol. The molecule has 1 aromatic heterocycles. The summed E-state index contributed by atoms with van der Waals surface area (Å²) in [4.78, 5) is 23.4. The zero-order valence-electron chi connectivity index (χ0n) is 12.9. The summed E-state index contributed by atoms with van der Waals surface area (Å²) in [5, 5.41) is 15.1. The van der Waals surface area contributed by atoms with Crippen molar-refractivity contribution in [2.45, 2.75) is 0 Å². The molecule has 132 valence electrons. The largest absolute Gasteiger partial charge is 0.478 e. The van der Waals surface area contributed by atoms with Crippen molar-refractivity contribution in [3.63, 3.8) is 0 Å². The Morgan fingerprint density at radius 2 is 1.81 bits per heavy atom. The van der Waals surface area contributed by atoms with Gasteiger partial charge in [0.15, 0.2) is 10.9 Å². The normalized spacial score (nSPS) is 10.5. The van der Waals surface area contributed by atoms with E-state index in [9.17, 15) is 9.59 Å². The van der Waals surface area contributed by atoms with E-state index < -0.39 is 11.9 Å². The number of carboxylic acid groups (broad SMARTS) is 1. The predicted octanol–water partition coefficient (Wildman–Crippen LogP) is 4.56. The number of hydrogen-bond acceptors (Lipinski definition) is 4. The number of hydrogen-bond donors (Lipinski definition) is 3. The Labute approximate surface area is 162 Å². The van der Waals surface area contributed by atoms with Gasteiger partial charge < -0.3 is 14.8 Å². The van der Waals surface area contributed by atoms with Gasteiger partial charge in [0.2, 0.25) is 0 Å². The van der Waals surface area contributed by atoms with E-state index in [1.807, 2.05) is 12.1 Å². The molecule has 0 saturated heterocycles. The highest BCUT2D eigenvalue weighted by atomic mass is 35.5. The average molecular weight is 409 g/mol. The van der Waals surface area contributed by atoms with E-state index >= 15 is 0 Å². The molecule has 1 amide bonds. The van der Waals surface area contributed by atoms with E-state index in [0.717, 1.165) is 5.39 Å². The number of para-hydroxylation sites is 1. The number of amides is 1. The highest BCUT2D eigenvalue weighted by molar-refractivity contribution is 7.80. The lowest BCUT2D eigenvalue weighted by molar-refractivity contribution is 0.0697. The molecular formula is C17H10Cl2N2O4S. The first-order valence-electron chi connectivity index (χ1n) is 7.18. The molecule has 0 radical (unpaired) electrons. The van der Waals surface area contributed by atoms with Crippen molar-refractivity contribution >= 4 is 69.1 Å². The van der Waals surface area contributed by atoms with Crippen molar-refractivity contribution in [2.75, 3.05) is 5.32 Å². The van der Waals surface area contributed by atoms with Crippen LogP contribution in [0.5, 0.6) is 0 Å². The van der Waals surface area contributed by atoms with Gasteiger partial charge in [-0.2, -0.15) is 0 Å². The number of fused-ring (bicyclic) bond motifs is 1. The smallest absolute Gasteiger partial charge is 0.337 e. The van der Waals surface area contributed by atoms with Gasteiger partial charge in [0, 0.05) is 5.39 Å². The van der Waals surface area contributed by atoms with Crippen LogP contribution in [0.25, 0.3) is 11.0 Å². The first kappa shape index (κ1) is 18.2. The summed E-state index contributed by atoms with van der Waals surface area (Å²) in [6.45, 7) is 0. The number of carbonyl (C=O) groups is 2. The van der Waals surface area contributed by atoms with Gasteiger partial charge in [0.1, 0.15) is 5.58 Å². The van der Waals surface area contributed by atoms with Gasteiger partial charge in [-0.1, -0.05) is 41.4 Å². The second-order valence-electron chi connectivity index (χ2n) is 5.17. The van der Waals surface area contributed by atoms with Crippen LogP contribution in [0.4, 0.5) is 5.69 Å². The summed E-state index contributed by atoms with van der Waals surface area (Å²) in [6, 6.07) is 11.3. The summed E-state index contributed by atoms with van der Waals surface area (Å²) < 4.78 is 5.45. The summed E-state index contributed by atoms with van der Waals surface area (Å²) in [5.74, 6) is -1.68. The number of rotatable bonds is 3. The molecule has 0 aliphatic rings. The van der Waals surface area contributed by atoms with Crippen LogP contribution >= 0.6 is 35.4 Å². The minimum absolute atomic E-state index is 0.00900. The van der Waals surface area contributed by atoms with Gasteiger partial charge in [-0.25, -0.2) is 4.79 Å². The van der Waals surface area contributed by atoms with Crippen LogP contribution in [-0.2, 0) is 0 Å². The lowest BCUT2D eigenvalue weighted by Crippen LogP contribution is -2.34.